The molecule has 0 unspecified atom stereocenters. The smallest absolute Gasteiger partial charge is 0.302 e. The first-order valence-electron chi connectivity index (χ1n) is 11.0. The molecule has 0 radical (unpaired) electrons. The summed E-state index contributed by atoms with van der Waals surface area (Å²) in [6.45, 7) is 7.76. The molecular formula is C23H36O4. The molecule has 0 bridgehead atoms. The minimum atomic E-state index is -1.12. The van der Waals surface area contributed by atoms with Crippen molar-refractivity contribution in [1.29, 1.82) is 0 Å². The molecule has 4 heteroatoms. The number of carbonyl (C=O) groups is 2. The quantitative estimate of drug-likeness (QED) is 0.731. The minimum absolute atomic E-state index is 0.0345. The van der Waals surface area contributed by atoms with E-state index in [2.05, 4.69) is 13.8 Å². The first-order valence-corrected chi connectivity index (χ1v) is 11.0. The fourth-order valence-electron chi connectivity index (χ4n) is 8.15. The number of carbonyl (C=O) groups excluding carboxylic acids is 2. The molecule has 0 saturated heterocycles. The lowest BCUT2D eigenvalue weighted by Gasteiger charge is -2.61. The van der Waals surface area contributed by atoms with Gasteiger partial charge < -0.3 is 9.84 Å². The summed E-state index contributed by atoms with van der Waals surface area (Å²) >= 11 is 0. The number of fused-ring (bicyclic) bond motifs is 5. The Balaban J connectivity index is 1.56. The molecule has 4 aliphatic carbocycles. The Labute approximate surface area is 163 Å². The lowest BCUT2D eigenvalue weighted by molar-refractivity contribution is -0.175. The second-order valence-electron chi connectivity index (χ2n) is 10.6. The summed E-state index contributed by atoms with van der Waals surface area (Å²) < 4.78 is 5.55. The molecule has 0 aromatic heterocycles. The molecule has 152 valence electrons. The lowest BCUT2D eigenvalue weighted by Crippen LogP contribution is -2.58. The van der Waals surface area contributed by atoms with Crippen LogP contribution in [0.4, 0.5) is 0 Å². The highest BCUT2D eigenvalue weighted by atomic mass is 16.5. The molecule has 4 fully saturated rings. The normalized spacial score (nSPS) is 51.7. The van der Waals surface area contributed by atoms with E-state index in [0.717, 1.165) is 38.5 Å². The fraction of sp³-hybridized carbons (Fsp3) is 0.913. The van der Waals surface area contributed by atoms with E-state index in [9.17, 15) is 14.7 Å². The maximum atomic E-state index is 12.3. The zero-order valence-corrected chi connectivity index (χ0v) is 17.4. The number of ketones is 1. The third kappa shape index (κ3) is 2.65. The van der Waals surface area contributed by atoms with E-state index >= 15 is 0 Å². The Morgan fingerprint density at radius 1 is 0.926 bits per heavy atom. The van der Waals surface area contributed by atoms with Crippen LogP contribution in [0.25, 0.3) is 0 Å². The standard InChI is InChI=1S/C23H36O4/c1-14(24)23(26)12-9-20-18-6-5-16-13-17(27-15(2)25)7-10-21(16,3)19(18)8-11-22(20,23)4/h16-20,26H,5-13H2,1-4H3/t16-,17+,18-,19+,20-,21-,22+,23-/m0/s1. The predicted octanol–water partition coefficient (Wildman–Crippen LogP) is 4.28. The summed E-state index contributed by atoms with van der Waals surface area (Å²) in [7, 11) is 0. The number of aliphatic hydroxyl groups is 1. The summed E-state index contributed by atoms with van der Waals surface area (Å²) in [5, 5.41) is 11.2. The Hall–Kier alpha value is -0.900. The molecule has 4 rings (SSSR count). The zero-order chi connectivity index (χ0) is 19.6. The summed E-state index contributed by atoms with van der Waals surface area (Å²) in [5.41, 5.74) is -1.05. The van der Waals surface area contributed by atoms with E-state index in [-0.39, 0.29) is 23.3 Å². The Morgan fingerprint density at radius 3 is 2.30 bits per heavy atom. The number of ether oxygens (including phenoxy) is 1. The lowest BCUT2D eigenvalue weighted by atomic mass is 9.44. The van der Waals surface area contributed by atoms with Crippen LogP contribution in [0.2, 0.25) is 0 Å². The first kappa shape index (κ1) is 19.4. The summed E-state index contributed by atoms with van der Waals surface area (Å²) in [6.07, 6.45) is 9.34. The molecule has 0 aromatic rings. The molecule has 8 atom stereocenters. The molecule has 27 heavy (non-hydrogen) atoms. The van der Waals surface area contributed by atoms with Crippen molar-refractivity contribution in [2.24, 2.45) is 34.5 Å². The van der Waals surface area contributed by atoms with Gasteiger partial charge in [-0.15, -0.1) is 0 Å². The van der Waals surface area contributed by atoms with E-state index in [1.165, 1.54) is 19.8 Å². The van der Waals surface area contributed by atoms with E-state index in [4.69, 9.17) is 4.74 Å². The molecule has 0 amide bonds. The third-order valence-corrected chi connectivity index (χ3v) is 9.68. The Morgan fingerprint density at radius 2 is 1.63 bits per heavy atom. The highest BCUT2D eigenvalue weighted by Crippen LogP contribution is 2.68. The van der Waals surface area contributed by atoms with Crippen molar-refractivity contribution in [2.45, 2.75) is 97.2 Å². The Bertz CT molecular complexity index is 644. The van der Waals surface area contributed by atoms with Crippen LogP contribution in [0.5, 0.6) is 0 Å². The van der Waals surface area contributed by atoms with Crippen LogP contribution < -0.4 is 0 Å². The van der Waals surface area contributed by atoms with Crippen molar-refractivity contribution in [1.82, 2.24) is 0 Å². The van der Waals surface area contributed by atoms with Gasteiger partial charge in [0.1, 0.15) is 11.7 Å². The average molecular weight is 377 g/mol. The highest BCUT2D eigenvalue weighted by Gasteiger charge is 2.66. The summed E-state index contributed by atoms with van der Waals surface area (Å²) in [4.78, 5) is 23.7. The maximum Gasteiger partial charge on any atom is 0.302 e. The predicted molar refractivity (Wildman–Crippen MR) is 103 cm³/mol. The molecule has 4 nitrogen and oxygen atoms in total. The van der Waals surface area contributed by atoms with Crippen LogP contribution >= 0.6 is 0 Å². The van der Waals surface area contributed by atoms with Gasteiger partial charge in [0.05, 0.1) is 0 Å². The molecule has 4 aliphatic rings. The van der Waals surface area contributed by atoms with E-state index in [0.29, 0.717) is 35.5 Å². The highest BCUT2D eigenvalue weighted by molar-refractivity contribution is 5.86. The van der Waals surface area contributed by atoms with Crippen molar-refractivity contribution in [3.63, 3.8) is 0 Å². The van der Waals surface area contributed by atoms with Crippen molar-refractivity contribution >= 4 is 11.8 Å². The van der Waals surface area contributed by atoms with E-state index < -0.39 is 5.60 Å². The molecule has 1 N–H and O–H groups in total. The number of hydrogen-bond donors (Lipinski definition) is 1. The van der Waals surface area contributed by atoms with Gasteiger partial charge in [-0.3, -0.25) is 9.59 Å². The SMILES string of the molecule is CC(=O)O[C@@H]1CC[C@@]2(C)[C@@H](CC[C@H]3[C@H]2CC[C@]2(C)[C@H]3CC[C@]2(O)C(C)=O)C1. The minimum Gasteiger partial charge on any atom is -0.463 e. The molecule has 0 heterocycles. The zero-order valence-electron chi connectivity index (χ0n) is 17.4. The van der Waals surface area contributed by atoms with Crippen LogP contribution in [-0.4, -0.2) is 28.6 Å². The van der Waals surface area contributed by atoms with Gasteiger partial charge in [0, 0.05) is 12.3 Å². The van der Waals surface area contributed by atoms with Crippen molar-refractivity contribution in [3.8, 4) is 0 Å². The van der Waals surface area contributed by atoms with Gasteiger partial charge in [-0.1, -0.05) is 13.8 Å². The summed E-state index contributed by atoms with van der Waals surface area (Å²) in [5.74, 6) is 2.22. The number of esters is 1. The van der Waals surface area contributed by atoms with Gasteiger partial charge in [0.25, 0.3) is 0 Å². The molecule has 4 saturated carbocycles. The van der Waals surface area contributed by atoms with E-state index in [1.807, 2.05) is 0 Å². The van der Waals surface area contributed by atoms with Gasteiger partial charge in [0.15, 0.2) is 5.78 Å². The number of rotatable bonds is 2. The largest absolute Gasteiger partial charge is 0.463 e. The number of hydrogen-bond acceptors (Lipinski definition) is 4. The van der Waals surface area contributed by atoms with Crippen molar-refractivity contribution in [2.75, 3.05) is 0 Å². The Kier molecular flexibility index (Phi) is 4.53. The fourth-order valence-corrected chi connectivity index (χ4v) is 8.15. The van der Waals surface area contributed by atoms with Gasteiger partial charge in [0.2, 0.25) is 0 Å². The first-order chi connectivity index (χ1) is 12.6. The van der Waals surface area contributed by atoms with Crippen LogP contribution in [-0.2, 0) is 14.3 Å². The van der Waals surface area contributed by atoms with Crippen LogP contribution in [0, 0.1) is 34.5 Å². The molecule has 0 aromatic carbocycles. The van der Waals surface area contributed by atoms with Gasteiger partial charge >= 0.3 is 5.97 Å². The van der Waals surface area contributed by atoms with Gasteiger partial charge in [-0.25, -0.2) is 0 Å². The topological polar surface area (TPSA) is 63.6 Å². The van der Waals surface area contributed by atoms with Crippen LogP contribution in [0.15, 0.2) is 0 Å². The molecular weight excluding hydrogens is 340 g/mol. The monoisotopic (exact) mass is 376 g/mol. The average Bonchev–Trinajstić information content (AvgIpc) is 2.87. The molecule has 0 aliphatic heterocycles. The van der Waals surface area contributed by atoms with Crippen LogP contribution in [0.1, 0.15) is 85.5 Å². The van der Waals surface area contributed by atoms with Gasteiger partial charge in [-0.2, -0.15) is 0 Å². The number of Topliss-reactive ketones (excluding diaryl/α,β-unsaturated/α-hetero) is 1. The third-order valence-electron chi connectivity index (χ3n) is 9.68. The maximum absolute atomic E-state index is 12.3. The summed E-state index contributed by atoms with van der Waals surface area (Å²) in [6, 6.07) is 0. The van der Waals surface area contributed by atoms with Crippen molar-refractivity contribution < 1.29 is 19.4 Å². The second kappa shape index (κ2) is 6.30. The van der Waals surface area contributed by atoms with Crippen molar-refractivity contribution in [3.05, 3.63) is 0 Å². The molecule has 0 spiro atoms. The van der Waals surface area contributed by atoms with Gasteiger partial charge in [-0.05, 0) is 93.8 Å². The second-order valence-corrected chi connectivity index (χ2v) is 10.6. The van der Waals surface area contributed by atoms with E-state index in [1.54, 1.807) is 6.92 Å². The van der Waals surface area contributed by atoms with Crippen LogP contribution in [0.3, 0.4) is 0 Å².